The standard InChI is InChI=1S/C21H19N3O3S/c1-13-7-8-14-5-4-6-19(20(14)22-13)28(26)23-21(25)18-11-15-9-10-16(24(2)3)12-17(15)27-18/h4-12H,1-3H3,(H,23,25). The molecular formula is C21H19N3O3S. The Morgan fingerprint density at radius 2 is 1.89 bits per heavy atom. The van der Waals surface area contributed by atoms with E-state index in [0.29, 0.717) is 16.0 Å². The van der Waals surface area contributed by atoms with Gasteiger partial charge in [-0.2, -0.15) is 4.72 Å². The lowest BCUT2D eigenvalue weighted by atomic mass is 10.2. The number of aromatic nitrogens is 1. The van der Waals surface area contributed by atoms with Crippen LogP contribution in [-0.4, -0.2) is 29.5 Å². The van der Waals surface area contributed by atoms with Crippen LogP contribution < -0.4 is 9.62 Å². The maximum absolute atomic E-state index is 12.8. The fraction of sp³-hybridized carbons (Fsp3) is 0.143. The van der Waals surface area contributed by atoms with Gasteiger partial charge < -0.3 is 13.9 Å². The molecule has 0 saturated heterocycles. The molecule has 2 aromatic carbocycles. The first-order valence-corrected chi connectivity index (χ1v) is 9.87. The molecule has 1 amide bonds. The predicted molar refractivity (Wildman–Crippen MR) is 111 cm³/mol. The van der Waals surface area contributed by atoms with E-state index in [-0.39, 0.29) is 5.76 Å². The fourth-order valence-corrected chi connectivity index (χ4v) is 3.89. The van der Waals surface area contributed by atoms with Crippen molar-refractivity contribution in [2.75, 3.05) is 19.0 Å². The topological polar surface area (TPSA) is 81.4 Å². The zero-order chi connectivity index (χ0) is 19.8. The first-order valence-electron chi connectivity index (χ1n) is 8.72. The van der Waals surface area contributed by atoms with Crippen molar-refractivity contribution in [3.8, 4) is 0 Å². The predicted octanol–water partition coefficient (Wildman–Crippen LogP) is 3.81. The van der Waals surface area contributed by atoms with Crippen LogP contribution in [0.4, 0.5) is 5.69 Å². The van der Waals surface area contributed by atoms with Crippen molar-refractivity contribution >= 4 is 44.8 Å². The van der Waals surface area contributed by atoms with Gasteiger partial charge in [-0.1, -0.05) is 18.2 Å². The Kier molecular flexibility index (Phi) is 4.70. The number of furan rings is 1. The Morgan fingerprint density at radius 1 is 1.11 bits per heavy atom. The summed E-state index contributed by atoms with van der Waals surface area (Å²) < 4.78 is 21.0. The van der Waals surface area contributed by atoms with Gasteiger partial charge in [0.2, 0.25) is 4.90 Å². The number of amides is 1. The van der Waals surface area contributed by atoms with Crippen LogP contribution >= 0.6 is 0 Å². The number of hydrogen-bond acceptors (Lipinski definition) is 5. The molecule has 6 nitrogen and oxygen atoms in total. The number of benzene rings is 2. The Morgan fingerprint density at radius 3 is 2.68 bits per heavy atom. The van der Waals surface area contributed by atoms with E-state index in [1.54, 1.807) is 18.2 Å². The largest absolute Gasteiger partial charge is 0.588 e. The second kappa shape index (κ2) is 7.18. The highest BCUT2D eigenvalue weighted by molar-refractivity contribution is 7.90. The number of hydrogen-bond donors (Lipinski definition) is 1. The highest BCUT2D eigenvalue weighted by Gasteiger charge is 2.23. The molecule has 7 heteroatoms. The van der Waals surface area contributed by atoms with Gasteiger partial charge in [0.05, 0.1) is 0 Å². The normalized spacial score (nSPS) is 12.3. The summed E-state index contributed by atoms with van der Waals surface area (Å²) in [5, 5.41) is 1.68. The van der Waals surface area contributed by atoms with Gasteiger partial charge in [-0.25, -0.2) is 4.98 Å². The Hall–Kier alpha value is -3.03. The van der Waals surface area contributed by atoms with Crippen molar-refractivity contribution in [3.63, 3.8) is 0 Å². The van der Waals surface area contributed by atoms with E-state index in [1.165, 1.54) is 0 Å². The molecule has 0 fully saturated rings. The summed E-state index contributed by atoms with van der Waals surface area (Å²) in [5.74, 6) is -0.422. The summed E-state index contributed by atoms with van der Waals surface area (Å²) in [6.07, 6.45) is 0. The van der Waals surface area contributed by atoms with Crippen LogP contribution in [0.1, 0.15) is 16.2 Å². The minimum absolute atomic E-state index is 0.114. The molecule has 2 heterocycles. The van der Waals surface area contributed by atoms with Gasteiger partial charge in [0.25, 0.3) is 0 Å². The molecule has 2 aromatic heterocycles. The zero-order valence-electron chi connectivity index (χ0n) is 15.7. The maximum Gasteiger partial charge on any atom is 0.328 e. The molecule has 0 aliphatic heterocycles. The molecule has 4 aromatic rings. The molecule has 0 saturated carbocycles. The third-order valence-corrected chi connectivity index (χ3v) is 5.55. The van der Waals surface area contributed by atoms with Gasteiger partial charge in [-0.05, 0) is 37.3 Å². The third kappa shape index (κ3) is 3.42. The van der Waals surface area contributed by atoms with Crippen LogP contribution in [0.2, 0.25) is 0 Å². The van der Waals surface area contributed by atoms with E-state index in [2.05, 4.69) is 9.71 Å². The summed E-state index contributed by atoms with van der Waals surface area (Å²) >= 11 is -1.76. The molecular weight excluding hydrogens is 374 g/mol. The second-order valence-corrected chi connectivity index (χ2v) is 7.89. The highest BCUT2D eigenvalue weighted by atomic mass is 32.2. The summed E-state index contributed by atoms with van der Waals surface area (Å²) in [6.45, 7) is 1.87. The summed E-state index contributed by atoms with van der Waals surface area (Å²) in [6, 6.07) is 16.5. The number of rotatable bonds is 4. The lowest BCUT2D eigenvalue weighted by molar-refractivity contribution is 0.0956. The zero-order valence-corrected chi connectivity index (χ0v) is 16.5. The molecule has 142 valence electrons. The minimum Gasteiger partial charge on any atom is -0.588 e. The summed E-state index contributed by atoms with van der Waals surface area (Å²) in [7, 11) is 3.86. The molecule has 0 spiro atoms. The van der Waals surface area contributed by atoms with Crippen molar-refractivity contribution in [3.05, 3.63) is 66.1 Å². The SMILES string of the molecule is Cc1ccc2cccc([S+]([O-])NC(=O)c3cc4ccc(N(C)C)cc4o3)c2n1. The van der Waals surface area contributed by atoms with E-state index < -0.39 is 17.3 Å². The number of fused-ring (bicyclic) bond motifs is 2. The smallest absolute Gasteiger partial charge is 0.328 e. The van der Waals surface area contributed by atoms with Crippen LogP contribution in [0.25, 0.3) is 21.9 Å². The number of nitrogens with zero attached hydrogens (tertiary/aromatic N) is 2. The van der Waals surface area contributed by atoms with Gasteiger partial charge in [-0.3, -0.25) is 4.79 Å². The molecule has 1 N–H and O–H groups in total. The molecule has 0 aliphatic carbocycles. The van der Waals surface area contributed by atoms with E-state index >= 15 is 0 Å². The number of carbonyl (C=O) groups excluding carboxylic acids is 1. The number of para-hydroxylation sites is 1. The van der Waals surface area contributed by atoms with Crippen LogP contribution in [-0.2, 0) is 11.4 Å². The number of nitrogens with one attached hydrogen (secondary N) is 1. The van der Waals surface area contributed by atoms with Gasteiger partial charge in [-0.15, -0.1) is 0 Å². The van der Waals surface area contributed by atoms with Crippen LogP contribution in [0, 0.1) is 6.92 Å². The number of aryl methyl sites for hydroxylation is 1. The molecule has 1 unspecified atom stereocenters. The monoisotopic (exact) mass is 393 g/mol. The van der Waals surface area contributed by atoms with Gasteiger partial charge in [0.1, 0.15) is 22.5 Å². The first-order chi connectivity index (χ1) is 13.4. The Balaban J connectivity index is 1.61. The summed E-state index contributed by atoms with van der Waals surface area (Å²) in [5.41, 5.74) is 3.00. The van der Waals surface area contributed by atoms with Crippen LogP contribution in [0.5, 0.6) is 0 Å². The lowest BCUT2D eigenvalue weighted by Gasteiger charge is -2.11. The maximum atomic E-state index is 12.8. The molecule has 0 bridgehead atoms. The van der Waals surface area contributed by atoms with Crippen molar-refractivity contribution in [2.45, 2.75) is 11.8 Å². The van der Waals surface area contributed by atoms with Crippen molar-refractivity contribution in [1.82, 2.24) is 9.71 Å². The van der Waals surface area contributed by atoms with Crippen molar-refractivity contribution in [1.29, 1.82) is 0 Å². The van der Waals surface area contributed by atoms with E-state index in [1.807, 2.05) is 62.3 Å². The average Bonchev–Trinajstić information content (AvgIpc) is 3.10. The lowest BCUT2D eigenvalue weighted by Crippen LogP contribution is -2.30. The van der Waals surface area contributed by atoms with Gasteiger partial charge >= 0.3 is 5.91 Å². The third-order valence-electron chi connectivity index (χ3n) is 4.45. The van der Waals surface area contributed by atoms with Crippen LogP contribution in [0.3, 0.4) is 0 Å². The molecule has 28 heavy (non-hydrogen) atoms. The average molecular weight is 393 g/mol. The van der Waals surface area contributed by atoms with E-state index in [0.717, 1.165) is 22.2 Å². The molecule has 4 rings (SSSR count). The Bertz CT molecular complexity index is 1190. The van der Waals surface area contributed by atoms with Gasteiger partial charge in [0, 0.05) is 42.3 Å². The van der Waals surface area contributed by atoms with Crippen molar-refractivity contribution < 1.29 is 13.8 Å². The van der Waals surface area contributed by atoms with Crippen LogP contribution in [0.15, 0.2) is 63.9 Å². The molecule has 1 atom stereocenters. The number of pyridine rings is 1. The highest BCUT2D eigenvalue weighted by Crippen LogP contribution is 2.25. The van der Waals surface area contributed by atoms with E-state index in [4.69, 9.17) is 4.42 Å². The Labute approximate surface area is 165 Å². The quantitative estimate of drug-likeness (QED) is 0.533. The fourth-order valence-electron chi connectivity index (χ4n) is 2.97. The molecule has 0 aliphatic rings. The minimum atomic E-state index is -1.76. The van der Waals surface area contributed by atoms with Crippen molar-refractivity contribution in [2.24, 2.45) is 0 Å². The first kappa shape index (κ1) is 18.3. The van der Waals surface area contributed by atoms with E-state index in [9.17, 15) is 9.35 Å². The number of carbonyl (C=O) groups is 1. The second-order valence-electron chi connectivity index (χ2n) is 6.71. The number of anilines is 1. The summed E-state index contributed by atoms with van der Waals surface area (Å²) in [4.78, 5) is 19.5. The van der Waals surface area contributed by atoms with Gasteiger partial charge in [0.15, 0.2) is 5.76 Å². The molecule has 0 radical (unpaired) electrons.